The second kappa shape index (κ2) is 13.7. The zero-order valence-corrected chi connectivity index (χ0v) is 19.7. The Balaban J connectivity index is 5.51. The minimum atomic E-state index is -1.33. The lowest BCUT2D eigenvalue weighted by Crippen LogP contribution is -2.58. The Morgan fingerprint density at radius 1 is 0.719 bits per heavy atom. The van der Waals surface area contributed by atoms with E-state index in [1.165, 1.54) is 0 Å². The maximum atomic E-state index is 12.9. The molecule has 0 aliphatic heterocycles. The summed E-state index contributed by atoms with van der Waals surface area (Å²) in [5, 5.41) is 25.7. The van der Waals surface area contributed by atoms with Gasteiger partial charge in [-0.05, 0) is 30.6 Å². The van der Waals surface area contributed by atoms with Crippen LogP contribution < -0.4 is 21.7 Å². The summed E-state index contributed by atoms with van der Waals surface area (Å²) in [4.78, 5) is 60.2. The van der Waals surface area contributed by atoms with E-state index in [2.05, 4.69) is 16.0 Å². The number of carbonyl (C=O) groups is 5. The molecule has 0 aromatic rings. The number of nitrogens with two attached hydrogens (primary N) is 1. The molecule has 0 radical (unpaired) electrons. The highest BCUT2D eigenvalue weighted by molar-refractivity contribution is 5.94. The van der Waals surface area contributed by atoms with Crippen LogP contribution in [0.1, 0.15) is 60.8 Å². The van der Waals surface area contributed by atoms with Gasteiger partial charge in [0.2, 0.25) is 17.7 Å². The van der Waals surface area contributed by atoms with Crippen molar-refractivity contribution in [3.05, 3.63) is 0 Å². The molecule has 0 aliphatic carbocycles. The maximum Gasteiger partial charge on any atom is 0.326 e. The molecule has 3 amide bonds. The van der Waals surface area contributed by atoms with Crippen LogP contribution in [0.25, 0.3) is 0 Å². The van der Waals surface area contributed by atoms with E-state index in [1.54, 1.807) is 13.8 Å². The van der Waals surface area contributed by atoms with E-state index in [0.29, 0.717) is 0 Å². The van der Waals surface area contributed by atoms with Gasteiger partial charge >= 0.3 is 11.9 Å². The first-order valence-electron chi connectivity index (χ1n) is 10.8. The molecular weight excluding hydrogens is 420 g/mol. The predicted octanol–water partition coefficient (Wildman–Crippen LogP) is 0.0756. The van der Waals surface area contributed by atoms with Crippen LogP contribution in [0.2, 0.25) is 0 Å². The fraction of sp³-hybridized carbons (Fsp3) is 0.762. The largest absolute Gasteiger partial charge is 0.481 e. The van der Waals surface area contributed by atoms with Crippen LogP contribution in [0, 0.1) is 17.8 Å². The monoisotopic (exact) mass is 458 g/mol. The van der Waals surface area contributed by atoms with Crippen LogP contribution >= 0.6 is 0 Å². The maximum absolute atomic E-state index is 12.9. The van der Waals surface area contributed by atoms with Crippen molar-refractivity contribution in [1.29, 1.82) is 0 Å². The second-order valence-electron chi connectivity index (χ2n) is 9.15. The highest BCUT2D eigenvalue weighted by Gasteiger charge is 2.32. The Morgan fingerprint density at radius 3 is 1.47 bits per heavy atom. The molecule has 4 atom stereocenters. The van der Waals surface area contributed by atoms with Gasteiger partial charge in [0.25, 0.3) is 0 Å². The quantitative estimate of drug-likeness (QED) is 0.211. The van der Waals surface area contributed by atoms with Gasteiger partial charge in [0, 0.05) is 0 Å². The third-order valence-electron chi connectivity index (χ3n) is 4.64. The summed E-state index contributed by atoms with van der Waals surface area (Å²) in [7, 11) is 0. The summed E-state index contributed by atoms with van der Waals surface area (Å²) in [6, 6.07) is -4.49. The van der Waals surface area contributed by atoms with Crippen LogP contribution in [0.15, 0.2) is 0 Å². The lowest BCUT2D eigenvalue weighted by Gasteiger charge is -2.27. The fourth-order valence-corrected chi connectivity index (χ4v) is 3.01. The van der Waals surface area contributed by atoms with Crippen molar-refractivity contribution in [1.82, 2.24) is 16.0 Å². The van der Waals surface area contributed by atoms with Crippen molar-refractivity contribution < 1.29 is 34.2 Å². The predicted molar refractivity (Wildman–Crippen MR) is 117 cm³/mol. The lowest BCUT2D eigenvalue weighted by molar-refractivity contribution is -0.143. The van der Waals surface area contributed by atoms with Gasteiger partial charge in [0.1, 0.15) is 18.1 Å². The Labute approximate surface area is 188 Å². The van der Waals surface area contributed by atoms with E-state index in [4.69, 9.17) is 10.8 Å². The summed E-state index contributed by atoms with van der Waals surface area (Å²) in [6.45, 7) is 10.7. The van der Waals surface area contributed by atoms with Gasteiger partial charge in [-0.15, -0.1) is 0 Å². The van der Waals surface area contributed by atoms with E-state index >= 15 is 0 Å². The molecule has 184 valence electrons. The number of carboxylic acids is 2. The van der Waals surface area contributed by atoms with Crippen molar-refractivity contribution >= 4 is 29.7 Å². The average Bonchev–Trinajstić information content (AvgIpc) is 2.62. The van der Waals surface area contributed by atoms with E-state index in [9.17, 15) is 29.1 Å². The summed E-state index contributed by atoms with van der Waals surface area (Å²) in [5.41, 5.74) is 5.58. The third kappa shape index (κ3) is 11.1. The van der Waals surface area contributed by atoms with Gasteiger partial charge in [-0.25, -0.2) is 4.79 Å². The van der Waals surface area contributed by atoms with Gasteiger partial charge < -0.3 is 31.9 Å². The number of hydrogen-bond acceptors (Lipinski definition) is 6. The molecule has 0 saturated heterocycles. The Morgan fingerprint density at radius 2 is 1.12 bits per heavy atom. The number of carbonyl (C=O) groups excluding carboxylic acids is 3. The number of carboxylic acid groups (broad SMARTS) is 2. The zero-order chi connectivity index (χ0) is 25.2. The molecule has 0 fully saturated rings. The first-order valence-corrected chi connectivity index (χ1v) is 10.8. The van der Waals surface area contributed by atoms with Crippen LogP contribution in [-0.2, 0) is 24.0 Å². The molecule has 0 aromatic heterocycles. The highest BCUT2D eigenvalue weighted by Crippen LogP contribution is 2.11. The topological polar surface area (TPSA) is 188 Å². The molecule has 0 rings (SSSR count). The third-order valence-corrected chi connectivity index (χ3v) is 4.64. The van der Waals surface area contributed by atoms with Crippen molar-refractivity contribution in [3.63, 3.8) is 0 Å². The minimum Gasteiger partial charge on any atom is -0.481 e. The second-order valence-corrected chi connectivity index (χ2v) is 9.15. The van der Waals surface area contributed by atoms with Gasteiger partial charge in [-0.2, -0.15) is 0 Å². The van der Waals surface area contributed by atoms with Crippen molar-refractivity contribution in [2.24, 2.45) is 23.5 Å². The lowest BCUT2D eigenvalue weighted by atomic mass is 9.98. The smallest absolute Gasteiger partial charge is 0.326 e. The molecule has 0 aromatic carbocycles. The molecule has 0 spiro atoms. The molecule has 0 aliphatic rings. The summed E-state index contributed by atoms with van der Waals surface area (Å²) < 4.78 is 0. The highest BCUT2D eigenvalue weighted by atomic mass is 16.4. The fourth-order valence-electron chi connectivity index (χ4n) is 3.01. The molecule has 0 saturated carbocycles. The van der Waals surface area contributed by atoms with E-state index in [-0.39, 0.29) is 30.6 Å². The molecular formula is C21H38N4O7. The summed E-state index contributed by atoms with van der Waals surface area (Å²) in [5.74, 6) is -4.84. The number of amides is 3. The SMILES string of the molecule is CC(C)CC(NC(=O)C(N)CC(=O)O)C(=O)NC(CC(C)C)C(=O)NC(C(=O)O)C(C)C. The Bertz CT molecular complexity index is 679. The minimum absolute atomic E-state index is 0.00328. The van der Waals surface area contributed by atoms with E-state index in [0.717, 1.165) is 0 Å². The standard InChI is InChI=1S/C21H38N4O7/c1-10(2)7-14(23-18(28)13(22)9-16(26)27)19(29)24-15(8-11(3)4)20(30)25-17(12(5)6)21(31)32/h10-15,17H,7-9,22H2,1-6H3,(H,23,28)(H,24,29)(H,25,30)(H,26,27)(H,31,32). The first kappa shape index (κ1) is 29.3. The molecule has 7 N–H and O–H groups in total. The van der Waals surface area contributed by atoms with Gasteiger partial charge in [-0.3, -0.25) is 19.2 Å². The molecule has 4 unspecified atom stereocenters. The Hall–Kier alpha value is -2.69. The van der Waals surface area contributed by atoms with Gasteiger partial charge in [0.15, 0.2) is 0 Å². The van der Waals surface area contributed by atoms with Crippen LogP contribution in [0.3, 0.4) is 0 Å². The van der Waals surface area contributed by atoms with E-state index in [1.807, 2.05) is 27.7 Å². The number of nitrogens with one attached hydrogen (secondary N) is 3. The normalized spacial score (nSPS) is 15.1. The van der Waals surface area contributed by atoms with Crippen LogP contribution in [0.5, 0.6) is 0 Å². The first-order chi connectivity index (χ1) is 14.6. The molecule has 32 heavy (non-hydrogen) atoms. The number of hydrogen-bond donors (Lipinski definition) is 6. The van der Waals surface area contributed by atoms with Gasteiger partial charge in [0.05, 0.1) is 12.5 Å². The molecule has 11 nitrogen and oxygen atoms in total. The molecule has 0 heterocycles. The average molecular weight is 459 g/mol. The van der Waals surface area contributed by atoms with Crippen molar-refractivity contribution in [3.8, 4) is 0 Å². The molecule has 11 heteroatoms. The van der Waals surface area contributed by atoms with Gasteiger partial charge in [-0.1, -0.05) is 41.5 Å². The number of rotatable bonds is 14. The van der Waals surface area contributed by atoms with Crippen LogP contribution in [0.4, 0.5) is 0 Å². The summed E-state index contributed by atoms with van der Waals surface area (Å²) >= 11 is 0. The Kier molecular flexibility index (Phi) is 12.5. The van der Waals surface area contributed by atoms with Crippen molar-refractivity contribution in [2.75, 3.05) is 0 Å². The van der Waals surface area contributed by atoms with Crippen LogP contribution in [-0.4, -0.2) is 64.0 Å². The zero-order valence-electron chi connectivity index (χ0n) is 19.7. The van der Waals surface area contributed by atoms with E-state index < -0.39 is 60.2 Å². The number of aliphatic carboxylic acids is 2. The summed E-state index contributed by atoms with van der Waals surface area (Å²) in [6.07, 6.45) is -0.105. The molecule has 0 bridgehead atoms. The van der Waals surface area contributed by atoms with Crippen molar-refractivity contribution in [2.45, 2.75) is 85.0 Å².